The second-order valence-electron chi connectivity index (χ2n) is 9.77. The van der Waals surface area contributed by atoms with Crippen LogP contribution in [0.4, 0.5) is 17.6 Å². The molecule has 11 heteroatoms. The zero-order chi connectivity index (χ0) is 26.8. The minimum Gasteiger partial charge on any atom is -0.484 e. The molecule has 3 N–H and O–H groups in total. The molecule has 0 aromatic heterocycles. The van der Waals surface area contributed by atoms with Crippen LogP contribution >= 0.6 is 11.6 Å². The number of hydrogen-bond acceptors (Lipinski definition) is 4. The average Bonchev–Trinajstić information content (AvgIpc) is 2.85. The minimum absolute atomic E-state index is 0.0544. The fraction of sp³-hybridized carbons (Fsp3) is 0.462. The van der Waals surface area contributed by atoms with Gasteiger partial charge in [-0.1, -0.05) is 23.7 Å². The molecule has 0 saturated heterocycles. The monoisotopic (exact) mass is 542 g/mol. The van der Waals surface area contributed by atoms with E-state index < -0.39 is 40.5 Å². The van der Waals surface area contributed by atoms with Gasteiger partial charge in [-0.3, -0.25) is 9.59 Å². The second kappa shape index (κ2) is 10.5. The molecule has 2 amide bonds. The Hall–Kier alpha value is -2.85. The van der Waals surface area contributed by atoms with Crippen LogP contribution in [0.15, 0.2) is 42.5 Å². The molecule has 2 bridgehead atoms. The summed E-state index contributed by atoms with van der Waals surface area (Å²) in [6.45, 7) is -0.113. The topological polar surface area (TPSA) is 87.7 Å². The molecule has 200 valence electrons. The molecular weight excluding hydrogens is 516 g/mol. The molecule has 2 aromatic rings. The van der Waals surface area contributed by atoms with Gasteiger partial charge in [0.25, 0.3) is 5.91 Å². The summed E-state index contributed by atoms with van der Waals surface area (Å²) in [7, 11) is 0. The van der Waals surface area contributed by atoms with Crippen molar-refractivity contribution in [2.24, 2.45) is 5.41 Å². The Bertz CT molecular complexity index is 1150. The first kappa shape index (κ1) is 27.2. The number of halogens is 5. The molecular formula is C26H27ClF4N2O4. The Kier molecular flexibility index (Phi) is 7.71. The van der Waals surface area contributed by atoms with E-state index in [1.807, 2.05) is 0 Å². The fourth-order valence-electron chi connectivity index (χ4n) is 5.24. The molecule has 2 aromatic carbocycles. The van der Waals surface area contributed by atoms with Gasteiger partial charge < -0.3 is 20.5 Å². The second-order valence-corrected chi connectivity index (χ2v) is 10.2. The summed E-state index contributed by atoms with van der Waals surface area (Å²) in [5.74, 6) is -1.21. The van der Waals surface area contributed by atoms with Crippen molar-refractivity contribution in [3.63, 3.8) is 0 Å². The van der Waals surface area contributed by atoms with Crippen LogP contribution in [-0.4, -0.2) is 41.7 Å². The first-order valence-electron chi connectivity index (χ1n) is 11.9. The molecule has 0 aliphatic heterocycles. The van der Waals surface area contributed by atoms with E-state index in [9.17, 15) is 32.3 Å². The van der Waals surface area contributed by atoms with Gasteiger partial charge in [0.1, 0.15) is 11.6 Å². The molecule has 3 saturated carbocycles. The van der Waals surface area contributed by atoms with Gasteiger partial charge in [0, 0.05) is 18.2 Å². The zero-order valence-electron chi connectivity index (χ0n) is 19.8. The highest BCUT2D eigenvalue weighted by Gasteiger charge is 2.58. The lowest BCUT2D eigenvalue weighted by Crippen LogP contribution is -2.65. The summed E-state index contributed by atoms with van der Waals surface area (Å²) in [6, 6.07) is 8.65. The molecule has 3 aliphatic carbocycles. The average molecular weight is 543 g/mol. The van der Waals surface area contributed by atoms with Crippen molar-refractivity contribution in [2.75, 3.05) is 13.2 Å². The summed E-state index contributed by atoms with van der Waals surface area (Å²) >= 11 is 5.64. The van der Waals surface area contributed by atoms with E-state index in [0.717, 1.165) is 18.2 Å². The summed E-state index contributed by atoms with van der Waals surface area (Å²) < 4.78 is 57.0. The summed E-state index contributed by atoms with van der Waals surface area (Å²) in [4.78, 5) is 25.5. The number of fused-ring (bicyclic) bond motifs is 3. The third kappa shape index (κ3) is 6.01. The number of amides is 2. The summed E-state index contributed by atoms with van der Waals surface area (Å²) in [6.07, 6.45) is -3.05. The van der Waals surface area contributed by atoms with Crippen molar-refractivity contribution in [1.82, 2.24) is 10.6 Å². The molecule has 1 unspecified atom stereocenters. The van der Waals surface area contributed by atoms with Gasteiger partial charge in [-0.2, -0.15) is 13.2 Å². The lowest BCUT2D eigenvalue weighted by molar-refractivity contribution is -0.156. The quantitative estimate of drug-likeness (QED) is 0.431. The number of aliphatic hydroxyl groups is 1. The van der Waals surface area contributed by atoms with Crippen LogP contribution in [-0.2, 0) is 22.2 Å². The maximum atomic E-state index is 13.5. The highest BCUT2D eigenvalue weighted by atomic mass is 35.5. The maximum Gasteiger partial charge on any atom is 0.416 e. The third-order valence-electron chi connectivity index (χ3n) is 7.42. The SMILES string of the molecule is O=C(COc1ccc(Cl)c(F)c1)NC12CCC(C(=O)NCCc3ccc(C(F)(F)F)cc3)(CC1)C(O)C2. The Morgan fingerprint density at radius 1 is 1.08 bits per heavy atom. The lowest BCUT2D eigenvalue weighted by atomic mass is 9.55. The number of ether oxygens (including phenoxy) is 1. The maximum absolute atomic E-state index is 13.5. The number of hydrogen-bond donors (Lipinski definition) is 3. The highest BCUT2D eigenvalue weighted by molar-refractivity contribution is 6.30. The standard InChI is InChI=1S/C26H27ClF4N2O4/c27-19-6-5-18(13-20(19)28)37-15-22(35)33-24-8-10-25(11-9-24,21(34)14-24)23(36)32-12-7-16-1-3-17(4-2-16)26(29,30)31/h1-6,13,21,34H,7-12,14-15H2,(H,32,36)(H,33,35). The predicted octanol–water partition coefficient (Wildman–Crippen LogP) is 4.42. The van der Waals surface area contributed by atoms with Gasteiger partial charge in [0.2, 0.25) is 5.91 Å². The normalized spacial score (nSPS) is 25.0. The van der Waals surface area contributed by atoms with Crippen LogP contribution < -0.4 is 15.4 Å². The Balaban J connectivity index is 1.26. The third-order valence-corrected chi connectivity index (χ3v) is 7.73. The van der Waals surface area contributed by atoms with Crippen LogP contribution in [0.25, 0.3) is 0 Å². The van der Waals surface area contributed by atoms with E-state index in [0.29, 0.717) is 37.7 Å². The van der Waals surface area contributed by atoms with E-state index in [-0.39, 0.29) is 36.3 Å². The molecule has 1 atom stereocenters. The van der Waals surface area contributed by atoms with Gasteiger partial charge in [0.15, 0.2) is 6.61 Å². The van der Waals surface area contributed by atoms with E-state index in [1.54, 1.807) is 0 Å². The minimum atomic E-state index is -4.40. The lowest BCUT2D eigenvalue weighted by Gasteiger charge is -2.55. The largest absolute Gasteiger partial charge is 0.484 e. The van der Waals surface area contributed by atoms with Gasteiger partial charge in [-0.25, -0.2) is 4.39 Å². The highest BCUT2D eigenvalue weighted by Crippen LogP contribution is 2.52. The molecule has 0 heterocycles. The van der Waals surface area contributed by atoms with Gasteiger partial charge in [0.05, 0.1) is 22.1 Å². The number of benzene rings is 2. The number of nitrogens with one attached hydrogen (secondary N) is 2. The van der Waals surface area contributed by atoms with E-state index in [2.05, 4.69) is 10.6 Å². The number of alkyl halides is 3. The molecule has 6 nitrogen and oxygen atoms in total. The molecule has 5 rings (SSSR count). The summed E-state index contributed by atoms with van der Waals surface area (Å²) in [5, 5.41) is 16.6. The Morgan fingerprint density at radius 3 is 2.35 bits per heavy atom. The molecule has 0 spiro atoms. The fourth-order valence-corrected chi connectivity index (χ4v) is 5.35. The van der Waals surface area contributed by atoms with E-state index >= 15 is 0 Å². The van der Waals surface area contributed by atoms with Gasteiger partial charge in [-0.15, -0.1) is 0 Å². The van der Waals surface area contributed by atoms with Crippen molar-refractivity contribution in [3.05, 3.63) is 64.4 Å². The Labute approximate surface area is 216 Å². The van der Waals surface area contributed by atoms with Crippen molar-refractivity contribution < 1.29 is 37.0 Å². The van der Waals surface area contributed by atoms with Crippen LogP contribution in [0.1, 0.15) is 43.2 Å². The van der Waals surface area contributed by atoms with Crippen molar-refractivity contribution >= 4 is 23.4 Å². The van der Waals surface area contributed by atoms with E-state index in [1.165, 1.54) is 24.3 Å². The van der Waals surface area contributed by atoms with Crippen LogP contribution in [0.5, 0.6) is 5.75 Å². The molecule has 3 fully saturated rings. The van der Waals surface area contributed by atoms with Crippen molar-refractivity contribution in [2.45, 2.75) is 56.3 Å². The van der Waals surface area contributed by atoms with Crippen LogP contribution in [0.3, 0.4) is 0 Å². The van der Waals surface area contributed by atoms with Crippen molar-refractivity contribution in [1.29, 1.82) is 0 Å². The molecule has 0 radical (unpaired) electrons. The van der Waals surface area contributed by atoms with Gasteiger partial charge >= 0.3 is 6.18 Å². The molecule has 37 heavy (non-hydrogen) atoms. The van der Waals surface area contributed by atoms with E-state index in [4.69, 9.17) is 16.3 Å². The van der Waals surface area contributed by atoms with Crippen LogP contribution in [0.2, 0.25) is 5.02 Å². The zero-order valence-corrected chi connectivity index (χ0v) is 20.6. The summed E-state index contributed by atoms with van der Waals surface area (Å²) in [5.41, 5.74) is -1.70. The number of carbonyl (C=O) groups excluding carboxylic acids is 2. The Morgan fingerprint density at radius 2 is 1.76 bits per heavy atom. The first-order valence-corrected chi connectivity index (χ1v) is 12.3. The van der Waals surface area contributed by atoms with Crippen LogP contribution in [0, 0.1) is 11.2 Å². The molecule has 3 aliphatic rings. The number of carbonyl (C=O) groups is 2. The van der Waals surface area contributed by atoms with Crippen molar-refractivity contribution in [3.8, 4) is 5.75 Å². The van der Waals surface area contributed by atoms with Gasteiger partial charge in [-0.05, 0) is 68.4 Å². The smallest absolute Gasteiger partial charge is 0.416 e. The first-order chi connectivity index (χ1) is 17.4. The number of aliphatic hydroxyl groups excluding tert-OH is 1. The predicted molar refractivity (Wildman–Crippen MR) is 127 cm³/mol. The number of rotatable bonds is 8.